The summed E-state index contributed by atoms with van der Waals surface area (Å²) in [6.45, 7) is 3.75. The monoisotopic (exact) mass is 179 g/mol. The van der Waals surface area contributed by atoms with E-state index < -0.39 is 0 Å². The first-order valence-electron chi connectivity index (χ1n) is 3.80. The van der Waals surface area contributed by atoms with Crippen LogP contribution >= 0.6 is 0 Å². The molecule has 0 aliphatic carbocycles. The van der Waals surface area contributed by atoms with Crippen molar-refractivity contribution in [2.24, 2.45) is 15.7 Å². The molecule has 0 aromatic carbocycles. The standard InChI is InChI=1S/C8H13N5/c1-6-7(11-5-13(2)3)4-10-8(9)12-6/h4-5H,1H2,2-3H3,(H3,9,10,12). The number of aliphatic imine (C=N–C) groups is 2. The van der Waals surface area contributed by atoms with Gasteiger partial charge in [0.15, 0.2) is 5.96 Å². The van der Waals surface area contributed by atoms with Crippen LogP contribution in [-0.4, -0.2) is 31.3 Å². The van der Waals surface area contributed by atoms with Crippen molar-refractivity contribution >= 4 is 12.3 Å². The molecule has 1 aliphatic heterocycles. The van der Waals surface area contributed by atoms with Crippen molar-refractivity contribution in [1.82, 2.24) is 10.2 Å². The molecule has 1 aliphatic rings. The van der Waals surface area contributed by atoms with Gasteiger partial charge in [-0.2, -0.15) is 0 Å². The number of hydrogen-bond acceptors (Lipinski definition) is 4. The molecular formula is C8H13N5. The summed E-state index contributed by atoms with van der Waals surface area (Å²) in [6, 6.07) is 0. The van der Waals surface area contributed by atoms with Gasteiger partial charge in [0.2, 0.25) is 0 Å². The maximum Gasteiger partial charge on any atom is 0.197 e. The summed E-state index contributed by atoms with van der Waals surface area (Å²) in [4.78, 5) is 9.83. The normalized spacial score (nSPS) is 16.6. The van der Waals surface area contributed by atoms with Crippen molar-refractivity contribution in [3.63, 3.8) is 0 Å². The van der Waals surface area contributed by atoms with E-state index in [4.69, 9.17) is 5.73 Å². The Labute approximate surface area is 77.3 Å². The van der Waals surface area contributed by atoms with E-state index in [2.05, 4.69) is 21.9 Å². The number of guanidine groups is 1. The van der Waals surface area contributed by atoms with Crippen LogP contribution in [0.1, 0.15) is 0 Å². The van der Waals surface area contributed by atoms with Crippen LogP contribution in [0.5, 0.6) is 0 Å². The Hall–Kier alpha value is -1.78. The molecule has 0 atom stereocenters. The third-order valence-corrected chi connectivity index (χ3v) is 1.34. The SMILES string of the molecule is C=C1NC(N)=NC=C1N=CN(C)C. The summed E-state index contributed by atoms with van der Waals surface area (Å²) < 4.78 is 0. The first-order chi connectivity index (χ1) is 6.09. The zero-order chi connectivity index (χ0) is 9.84. The maximum absolute atomic E-state index is 5.41. The first kappa shape index (κ1) is 9.31. The topological polar surface area (TPSA) is 66.0 Å². The molecule has 70 valence electrons. The average Bonchev–Trinajstić information content (AvgIpc) is 2.02. The zero-order valence-electron chi connectivity index (χ0n) is 7.78. The van der Waals surface area contributed by atoms with Crippen molar-refractivity contribution in [3.8, 4) is 0 Å². The maximum atomic E-state index is 5.41. The van der Waals surface area contributed by atoms with Crippen molar-refractivity contribution in [2.45, 2.75) is 0 Å². The fraction of sp³-hybridized carbons (Fsp3) is 0.250. The van der Waals surface area contributed by atoms with Gasteiger partial charge < -0.3 is 16.0 Å². The van der Waals surface area contributed by atoms with Crippen LogP contribution in [0.15, 0.2) is 34.2 Å². The molecule has 0 unspecified atom stereocenters. The number of nitrogens with two attached hydrogens (primary N) is 1. The molecule has 3 N–H and O–H groups in total. The summed E-state index contributed by atoms with van der Waals surface area (Å²) >= 11 is 0. The van der Waals surface area contributed by atoms with Crippen molar-refractivity contribution in [2.75, 3.05) is 14.1 Å². The number of hydrogen-bond donors (Lipinski definition) is 2. The highest BCUT2D eigenvalue weighted by Crippen LogP contribution is 2.09. The molecular weight excluding hydrogens is 166 g/mol. The fourth-order valence-electron chi connectivity index (χ4n) is 0.748. The number of nitrogens with zero attached hydrogens (tertiary/aromatic N) is 3. The molecule has 0 radical (unpaired) electrons. The quantitative estimate of drug-likeness (QED) is 0.457. The predicted molar refractivity (Wildman–Crippen MR) is 54.2 cm³/mol. The van der Waals surface area contributed by atoms with Crippen molar-refractivity contribution < 1.29 is 0 Å². The van der Waals surface area contributed by atoms with Gasteiger partial charge >= 0.3 is 0 Å². The second-order valence-electron chi connectivity index (χ2n) is 2.84. The molecule has 1 rings (SSSR count). The van der Waals surface area contributed by atoms with E-state index in [0.717, 1.165) is 0 Å². The second-order valence-corrected chi connectivity index (χ2v) is 2.84. The fourth-order valence-corrected chi connectivity index (χ4v) is 0.748. The van der Waals surface area contributed by atoms with E-state index in [1.54, 1.807) is 12.5 Å². The predicted octanol–water partition coefficient (Wildman–Crippen LogP) is -0.151. The number of rotatable bonds is 2. The lowest BCUT2D eigenvalue weighted by Gasteiger charge is -2.13. The van der Waals surface area contributed by atoms with E-state index >= 15 is 0 Å². The van der Waals surface area contributed by atoms with Crippen LogP contribution in [0.25, 0.3) is 0 Å². The smallest absolute Gasteiger partial charge is 0.197 e. The molecule has 0 amide bonds. The lowest BCUT2D eigenvalue weighted by molar-refractivity contribution is 0.642. The Morgan fingerprint density at radius 3 is 2.92 bits per heavy atom. The van der Waals surface area contributed by atoms with Gasteiger partial charge in [0.05, 0.1) is 18.2 Å². The number of nitrogens with one attached hydrogen (secondary N) is 1. The summed E-state index contributed by atoms with van der Waals surface area (Å²) in [5.41, 5.74) is 6.76. The van der Waals surface area contributed by atoms with E-state index in [-0.39, 0.29) is 0 Å². The van der Waals surface area contributed by atoms with Gasteiger partial charge in [-0.15, -0.1) is 0 Å². The molecule has 0 saturated carbocycles. The highest BCUT2D eigenvalue weighted by atomic mass is 15.2. The van der Waals surface area contributed by atoms with E-state index in [1.165, 1.54) is 0 Å². The molecule has 0 aromatic rings. The lowest BCUT2D eigenvalue weighted by Crippen LogP contribution is -2.32. The lowest BCUT2D eigenvalue weighted by atomic mass is 10.3. The summed E-state index contributed by atoms with van der Waals surface area (Å²) in [5.74, 6) is 0.341. The minimum absolute atomic E-state index is 0.341. The highest BCUT2D eigenvalue weighted by molar-refractivity contribution is 5.82. The molecule has 0 aromatic heterocycles. The molecule has 5 heteroatoms. The van der Waals surface area contributed by atoms with Crippen molar-refractivity contribution in [3.05, 3.63) is 24.2 Å². The van der Waals surface area contributed by atoms with Gasteiger partial charge in [0, 0.05) is 14.1 Å². The van der Waals surface area contributed by atoms with Gasteiger partial charge in [-0.25, -0.2) is 9.98 Å². The van der Waals surface area contributed by atoms with Crippen molar-refractivity contribution in [1.29, 1.82) is 0 Å². The van der Waals surface area contributed by atoms with Crippen LogP contribution in [-0.2, 0) is 0 Å². The molecule has 13 heavy (non-hydrogen) atoms. The molecule has 0 bridgehead atoms. The van der Waals surface area contributed by atoms with Crippen LogP contribution in [0, 0.1) is 0 Å². The Morgan fingerprint density at radius 2 is 2.38 bits per heavy atom. The Balaban J connectivity index is 2.75. The van der Waals surface area contributed by atoms with E-state index in [1.807, 2.05) is 19.0 Å². The zero-order valence-corrected chi connectivity index (χ0v) is 7.78. The first-order valence-corrected chi connectivity index (χ1v) is 3.80. The minimum atomic E-state index is 0.341. The third kappa shape index (κ3) is 2.62. The van der Waals surface area contributed by atoms with Gasteiger partial charge in [-0.05, 0) is 0 Å². The van der Waals surface area contributed by atoms with Gasteiger partial charge in [-0.3, -0.25) is 0 Å². The van der Waals surface area contributed by atoms with Gasteiger partial charge in [-0.1, -0.05) is 6.58 Å². The second kappa shape index (κ2) is 3.75. The highest BCUT2D eigenvalue weighted by Gasteiger charge is 2.06. The Morgan fingerprint density at radius 1 is 1.69 bits per heavy atom. The largest absolute Gasteiger partial charge is 0.369 e. The third-order valence-electron chi connectivity index (χ3n) is 1.34. The minimum Gasteiger partial charge on any atom is -0.369 e. The van der Waals surface area contributed by atoms with Gasteiger partial charge in [0.1, 0.15) is 5.70 Å². The summed E-state index contributed by atoms with van der Waals surface area (Å²) in [5, 5.41) is 2.79. The molecule has 0 spiro atoms. The Kier molecular flexibility index (Phi) is 2.69. The average molecular weight is 179 g/mol. The van der Waals surface area contributed by atoms with Crippen LogP contribution in [0.4, 0.5) is 0 Å². The van der Waals surface area contributed by atoms with Gasteiger partial charge in [0.25, 0.3) is 0 Å². The van der Waals surface area contributed by atoms with E-state index in [9.17, 15) is 0 Å². The summed E-state index contributed by atoms with van der Waals surface area (Å²) in [7, 11) is 3.78. The molecule has 1 heterocycles. The van der Waals surface area contributed by atoms with E-state index in [0.29, 0.717) is 17.4 Å². The molecule has 5 nitrogen and oxygen atoms in total. The molecule has 0 saturated heterocycles. The molecule has 0 fully saturated rings. The van der Waals surface area contributed by atoms with Crippen LogP contribution < -0.4 is 11.1 Å². The van der Waals surface area contributed by atoms with Crippen LogP contribution in [0.3, 0.4) is 0 Å². The summed E-state index contributed by atoms with van der Waals surface area (Å²) in [6.07, 6.45) is 3.25. The Bertz CT molecular complexity index is 298. The van der Waals surface area contributed by atoms with Crippen LogP contribution in [0.2, 0.25) is 0 Å².